The number of carbonyl (C=O) groups is 2. The fourth-order valence-electron chi connectivity index (χ4n) is 2.51. The molecule has 0 aliphatic carbocycles. The van der Waals surface area contributed by atoms with Crippen LogP contribution in [0.2, 0.25) is 0 Å². The average molecular weight is 368 g/mol. The number of likely N-dealkylation sites (tertiary alicyclic amines) is 1. The Bertz CT molecular complexity index is 767. The zero-order valence-corrected chi connectivity index (χ0v) is 15.7. The Morgan fingerprint density at radius 3 is 2.56 bits per heavy atom. The van der Waals surface area contributed by atoms with Gasteiger partial charge in [0, 0.05) is 31.0 Å². The van der Waals surface area contributed by atoms with Crippen molar-refractivity contribution in [2.75, 3.05) is 19.3 Å². The summed E-state index contributed by atoms with van der Waals surface area (Å²) in [4.78, 5) is 26.0. The molecule has 0 radical (unpaired) electrons. The van der Waals surface area contributed by atoms with Crippen LogP contribution in [0.4, 0.5) is 4.79 Å². The molecule has 1 heterocycles. The van der Waals surface area contributed by atoms with Crippen LogP contribution in [0.15, 0.2) is 29.2 Å². The van der Waals surface area contributed by atoms with Crippen molar-refractivity contribution in [3.05, 3.63) is 29.8 Å². The number of hydrogen-bond acceptors (Lipinski definition) is 5. The van der Waals surface area contributed by atoms with Gasteiger partial charge in [-0.1, -0.05) is 6.07 Å². The fraction of sp³-hybridized carbons (Fsp3) is 0.529. The molecule has 2 rings (SSSR count). The smallest absolute Gasteiger partial charge is 0.410 e. The molecule has 0 bridgehead atoms. The highest BCUT2D eigenvalue weighted by Crippen LogP contribution is 2.16. The van der Waals surface area contributed by atoms with E-state index in [0.717, 1.165) is 6.26 Å². The second-order valence-corrected chi connectivity index (χ2v) is 9.20. The number of nitrogens with one attached hydrogen (secondary N) is 1. The van der Waals surface area contributed by atoms with Gasteiger partial charge in [-0.05, 0) is 45.4 Å². The fourth-order valence-corrected chi connectivity index (χ4v) is 3.17. The number of sulfone groups is 1. The number of rotatable bonds is 3. The van der Waals surface area contributed by atoms with Gasteiger partial charge in [-0.25, -0.2) is 13.2 Å². The van der Waals surface area contributed by atoms with Gasteiger partial charge in [0.2, 0.25) is 0 Å². The third-order valence-electron chi connectivity index (χ3n) is 3.70. The summed E-state index contributed by atoms with van der Waals surface area (Å²) in [7, 11) is -3.37. The summed E-state index contributed by atoms with van der Waals surface area (Å²) in [5.41, 5.74) is -0.288. The Balaban J connectivity index is 1.98. The van der Waals surface area contributed by atoms with Gasteiger partial charge < -0.3 is 15.0 Å². The zero-order valence-electron chi connectivity index (χ0n) is 14.9. The predicted molar refractivity (Wildman–Crippen MR) is 93.2 cm³/mol. The molecule has 1 fully saturated rings. The summed E-state index contributed by atoms with van der Waals surface area (Å²) in [5.74, 6) is -0.360. The Kier molecular flexibility index (Phi) is 5.41. The molecule has 1 N–H and O–H groups in total. The van der Waals surface area contributed by atoms with Gasteiger partial charge >= 0.3 is 6.09 Å². The van der Waals surface area contributed by atoms with Gasteiger partial charge in [-0.15, -0.1) is 0 Å². The van der Waals surface area contributed by atoms with Crippen molar-refractivity contribution in [1.82, 2.24) is 10.2 Å². The zero-order chi connectivity index (χ0) is 18.8. The molecular weight excluding hydrogens is 344 g/mol. The van der Waals surface area contributed by atoms with Crippen LogP contribution in [0.3, 0.4) is 0 Å². The SMILES string of the molecule is CC(C)(C)OC(=O)N1CCC(NC(=O)c2cccc(S(C)(=O)=O)c2)C1. The molecule has 0 spiro atoms. The normalized spacial score (nSPS) is 18.1. The number of carbonyl (C=O) groups excluding carboxylic acids is 2. The van der Waals surface area contributed by atoms with E-state index in [4.69, 9.17) is 4.74 Å². The highest BCUT2D eigenvalue weighted by Gasteiger charge is 2.30. The van der Waals surface area contributed by atoms with Crippen LogP contribution in [0.1, 0.15) is 37.6 Å². The van der Waals surface area contributed by atoms with E-state index in [1.165, 1.54) is 18.2 Å². The maximum absolute atomic E-state index is 12.3. The summed E-state index contributed by atoms with van der Waals surface area (Å²) in [6, 6.07) is 5.70. The minimum atomic E-state index is -3.37. The van der Waals surface area contributed by atoms with E-state index in [0.29, 0.717) is 19.5 Å². The highest BCUT2D eigenvalue weighted by atomic mass is 32.2. The molecule has 8 heteroatoms. The molecule has 2 amide bonds. The van der Waals surface area contributed by atoms with Crippen molar-refractivity contribution < 1.29 is 22.7 Å². The summed E-state index contributed by atoms with van der Waals surface area (Å²) in [5, 5.41) is 2.84. The van der Waals surface area contributed by atoms with Crippen molar-refractivity contribution in [2.24, 2.45) is 0 Å². The number of amides is 2. The molecule has 1 atom stereocenters. The van der Waals surface area contributed by atoms with Crippen LogP contribution in [-0.4, -0.2) is 56.3 Å². The number of benzene rings is 1. The van der Waals surface area contributed by atoms with Gasteiger partial charge in [0.05, 0.1) is 4.90 Å². The van der Waals surface area contributed by atoms with E-state index in [1.807, 2.05) is 0 Å². The third kappa shape index (κ3) is 5.45. The second kappa shape index (κ2) is 7.03. The highest BCUT2D eigenvalue weighted by molar-refractivity contribution is 7.90. The van der Waals surface area contributed by atoms with Gasteiger partial charge in [-0.2, -0.15) is 0 Å². The standard InChI is InChI=1S/C17H24N2O5S/c1-17(2,3)24-16(21)19-9-8-13(11-19)18-15(20)12-6-5-7-14(10-12)25(4,22)23/h5-7,10,13H,8-9,11H2,1-4H3,(H,18,20). The van der Waals surface area contributed by atoms with Crippen molar-refractivity contribution >= 4 is 21.8 Å². The molecule has 1 aliphatic heterocycles. The molecule has 7 nitrogen and oxygen atoms in total. The van der Waals surface area contributed by atoms with Crippen LogP contribution in [-0.2, 0) is 14.6 Å². The Morgan fingerprint density at radius 1 is 1.28 bits per heavy atom. The second-order valence-electron chi connectivity index (χ2n) is 7.19. The molecule has 1 unspecified atom stereocenters. The topological polar surface area (TPSA) is 92.8 Å². The molecular formula is C17H24N2O5S. The first kappa shape index (κ1) is 19.2. The van der Waals surface area contributed by atoms with Gasteiger partial charge in [0.1, 0.15) is 5.60 Å². The van der Waals surface area contributed by atoms with Crippen LogP contribution in [0.25, 0.3) is 0 Å². The first-order valence-electron chi connectivity index (χ1n) is 8.04. The number of ether oxygens (including phenoxy) is 1. The van der Waals surface area contributed by atoms with Crippen molar-refractivity contribution in [3.63, 3.8) is 0 Å². The lowest BCUT2D eigenvalue weighted by molar-refractivity contribution is 0.0290. The van der Waals surface area contributed by atoms with E-state index in [9.17, 15) is 18.0 Å². The average Bonchev–Trinajstić information content (AvgIpc) is 2.93. The molecule has 138 valence electrons. The predicted octanol–water partition coefficient (Wildman–Crippen LogP) is 1.83. The molecule has 0 aromatic heterocycles. The lowest BCUT2D eigenvalue weighted by Gasteiger charge is -2.24. The maximum Gasteiger partial charge on any atom is 0.410 e. The van der Waals surface area contributed by atoms with Crippen LogP contribution >= 0.6 is 0 Å². The molecule has 25 heavy (non-hydrogen) atoms. The van der Waals surface area contributed by atoms with Gasteiger partial charge in [0.15, 0.2) is 9.84 Å². The lowest BCUT2D eigenvalue weighted by Crippen LogP contribution is -2.40. The Morgan fingerprint density at radius 2 is 1.96 bits per heavy atom. The van der Waals surface area contributed by atoms with Crippen molar-refractivity contribution in [1.29, 1.82) is 0 Å². The first-order chi connectivity index (χ1) is 11.5. The molecule has 1 aliphatic rings. The van der Waals surface area contributed by atoms with E-state index < -0.39 is 21.5 Å². The monoisotopic (exact) mass is 368 g/mol. The Hall–Kier alpha value is -2.09. The largest absolute Gasteiger partial charge is 0.444 e. The van der Waals surface area contributed by atoms with Gasteiger partial charge in [-0.3, -0.25) is 4.79 Å². The number of hydrogen-bond donors (Lipinski definition) is 1. The molecule has 1 aromatic rings. The van der Waals surface area contributed by atoms with E-state index in [2.05, 4.69) is 5.32 Å². The molecule has 1 aromatic carbocycles. The van der Waals surface area contributed by atoms with E-state index >= 15 is 0 Å². The first-order valence-corrected chi connectivity index (χ1v) is 9.94. The Labute approximate surface area is 148 Å². The van der Waals surface area contributed by atoms with Crippen LogP contribution < -0.4 is 5.32 Å². The maximum atomic E-state index is 12.3. The van der Waals surface area contributed by atoms with Crippen LogP contribution in [0, 0.1) is 0 Å². The summed E-state index contributed by atoms with van der Waals surface area (Å²) in [6.07, 6.45) is 1.32. The van der Waals surface area contributed by atoms with Crippen LogP contribution in [0.5, 0.6) is 0 Å². The van der Waals surface area contributed by atoms with E-state index in [1.54, 1.807) is 31.7 Å². The lowest BCUT2D eigenvalue weighted by atomic mass is 10.2. The molecule has 0 saturated carbocycles. The summed E-state index contributed by atoms with van der Waals surface area (Å²) < 4.78 is 28.5. The number of nitrogens with zero attached hydrogens (tertiary/aromatic N) is 1. The van der Waals surface area contributed by atoms with E-state index in [-0.39, 0.29) is 22.4 Å². The van der Waals surface area contributed by atoms with Gasteiger partial charge in [0.25, 0.3) is 5.91 Å². The molecule has 1 saturated heterocycles. The minimum absolute atomic E-state index is 0.0990. The summed E-state index contributed by atoms with van der Waals surface area (Å²) in [6.45, 7) is 6.27. The minimum Gasteiger partial charge on any atom is -0.444 e. The quantitative estimate of drug-likeness (QED) is 0.879. The summed E-state index contributed by atoms with van der Waals surface area (Å²) >= 11 is 0. The van der Waals surface area contributed by atoms with Crippen molar-refractivity contribution in [3.8, 4) is 0 Å². The third-order valence-corrected chi connectivity index (χ3v) is 4.81. The van der Waals surface area contributed by atoms with Crippen molar-refractivity contribution in [2.45, 2.75) is 43.7 Å².